The zero-order valence-electron chi connectivity index (χ0n) is 11.8. The fourth-order valence-corrected chi connectivity index (χ4v) is 3.77. The number of nitrogens with one attached hydrogen (secondary N) is 1. The summed E-state index contributed by atoms with van der Waals surface area (Å²) in [5.41, 5.74) is 2.71. The molecule has 0 aliphatic carbocycles. The first-order valence-corrected chi connectivity index (χ1v) is 8.51. The molecule has 2 amide bonds. The van der Waals surface area contributed by atoms with Gasteiger partial charge in [-0.15, -0.1) is 22.9 Å². The molecule has 0 bridgehead atoms. The molecule has 2 aliphatic heterocycles. The van der Waals surface area contributed by atoms with Crippen molar-refractivity contribution >= 4 is 34.4 Å². The van der Waals surface area contributed by atoms with Gasteiger partial charge in [-0.05, 0) is 11.4 Å². The van der Waals surface area contributed by atoms with Crippen molar-refractivity contribution < 1.29 is 4.79 Å². The van der Waals surface area contributed by atoms with Gasteiger partial charge in [-0.3, -0.25) is 4.90 Å². The molecule has 114 valence electrons. The number of fused-ring (bicyclic) bond motifs is 1. The average Bonchev–Trinajstić information content (AvgIpc) is 3.29. The van der Waals surface area contributed by atoms with Gasteiger partial charge in [0.25, 0.3) is 0 Å². The molecule has 2 aromatic heterocycles. The number of urea groups is 1. The van der Waals surface area contributed by atoms with E-state index in [4.69, 9.17) is 6.42 Å². The number of aromatic nitrogens is 1. The lowest BCUT2D eigenvalue weighted by Crippen LogP contribution is -2.42. The predicted molar refractivity (Wildman–Crippen MR) is 88.0 cm³/mol. The second kappa shape index (κ2) is 5.49. The second-order valence-corrected chi connectivity index (χ2v) is 6.38. The summed E-state index contributed by atoms with van der Waals surface area (Å²) in [6, 6.07) is 1.74. The summed E-state index contributed by atoms with van der Waals surface area (Å²) in [5.74, 6) is 2.87. The van der Waals surface area contributed by atoms with Gasteiger partial charge in [-0.1, -0.05) is 11.1 Å². The Balaban J connectivity index is 1.69. The topological polar surface area (TPSA) is 73.2 Å². The molecule has 0 radical (unpaired) electrons. The first-order valence-electron chi connectivity index (χ1n) is 6.68. The Bertz CT molecular complexity index is 860. The highest BCUT2D eigenvalue weighted by molar-refractivity contribution is 7.11. The third-order valence-electron chi connectivity index (χ3n) is 3.37. The van der Waals surface area contributed by atoms with Crippen LogP contribution in [0, 0.1) is 12.3 Å². The SMILES string of the molecule is C#CCN1N=NC2=C(c3nc(-c4ccsc4)cs3)NCN2C1=O. The number of carbonyl (C=O) groups is 1. The highest BCUT2D eigenvalue weighted by atomic mass is 32.1. The van der Waals surface area contributed by atoms with E-state index in [9.17, 15) is 4.79 Å². The van der Waals surface area contributed by atoms with E-state index >= 15 is 0 Å². The first kappa shape index (κ1) is 13.9. The minimum absolute atomic E-state index is 0.0982. The number of rotatable bonds is 3. The standard InChI is InChI=1S/C14H10N6OS2/c1-2-4-20-14(21)19-8-15-11(12(19)17-18-20)13-16-10(7-23-13)9-3-5-22-6-9/h1,3,5-7,15H,4,8H2. The van der Waals surface area contributed by atoms with E-state index in [1.807, 2.05) is 22.2 Å². The van der Waals surface area contributed by atoms with Crippen molar-refractivity contribution in [3.8, 4) is 23.6 Å². The van der Waals surface area contributed by atoms with Crippen LogP contribution in [0.2, 0.25) is 0 Å². The summed E-state index contributed by atoms with van der Waals surface area (Å²) in [6.45, 7) is 0.429. The van der Waals surface area contributed by atoms with Gasteiger partial charge in [-0.2, -0.15) is 16.3 Å². The van der Waals surface area contributed by atoms with Gasteiger partial charge in [0, 0.05) is 16.3 Å². The second-order valence-electron chi connectivity index (χ2n) is 4.75. The van der Waals surface area contributed by atoms with Crippen molar-refractivity contribution in [2.75, 3.05) is 13.2 Å². The molecule has 2 aliphatic rings. The van der Waals surface area contributed by atoms with E-state index in [-0.39, 0.29) is 12.6 Å². The third kappa shape index (κ3) is 2.28. The molecule has 0 unspecified atom stereocenters. The van der Waals surface area contributed by atoms with Crippen LogP contribution in [0.1, 0.15) is 5.01 Å². The van der Waals surface area contributed by atoms with Crippen LogP contribution >= 0.6 is 22.7 Å². The molecule has 9 heteroatoms. The van der Waals surface area contributed by atoms with Crippen LogP contribution in [0.3, 0.4) is 0 Å². The van der Waals surface area contributed by atoms with Crippen LogP contribution in [-0.2, 0) is 0 Å². The molecular formula is C14H10N6OS2. The molecule has 4 heterocycles. The predicted octanol–water partition coefficient (Wildman–Crippen LogP) is 2.80. The van der Waals surface area contributed by atoms with Crippen molar-refractivity contribution in [3.05, 3.63) is 33.0 Å². The van der Waals surface area contributed by atoms with E-state index < -0.39 is 0 Å². The Morgan fingerprint density at radius 3 is 3.13 bits per heavy atom. The lowest BCUT2D eigenvalue weighted by Gasteiger charge is -2.24. The minimum Gasteiger partial charge on any atom is -0.362 e. The molecule has 0 saturated carbocycles. The Labute approximate surface area is 139 Å². The van der Waals surface area contributed by atoms with E-state index in [1.165, 1.54) is 16.2 Å². The number of hydrogen-bond donors (Lipinski definition) is 1. The molecule has 2 aromatic rings. The third-order valence-corrected chi connectivity index (χ3v) is 4.91. The van der Waals surface area contributed by atoms with E-state index in [1.54, 1.807) is 11.3 Å². The quantitative estimate of drug-likeness (QED) is 0.872. The summed E-state index contributed by atoms with van der Waals surface area (Å²) in [6.07, 6.45) is 5.23. The molecule has 0 spiro atoms. The van der Waals surface area contributed by atoms with E-state index in [0.29, 0.717) is 18.2 Å². The van der Waals surface area contributed by atoms with Crippen LogP contribution in [0.25, 0.3) is 17.0 Å². The molecule has 0 atom stereocenters. The van der Waals surface area contributed by atoms with Crippen molar-refractivity contribution in [2.45, 2.75) is 0 Å². The van der Waals surface area contributed by atoms with Gasteiger partial charge in [0.1, 0.15) is 17.2 Å². The van der Waals surface area contributed by atoms with Gasteiger partial charge in [0.05, 0.1) is 12.4 Å². The Hall–Kier alpha value is -2.70. The molecule has 4 rings (SSSR count). The van der Waals surface area contributed by atoms with Crippen LogP contribution in [0.4, 0.5) is 4.79 Å². The number of thiazole rings is 1. The Morgan fingerprint density at radius 2 is 2.35 bits per heavy atom. The number of nitrogens with zero attached hydrogens (tertiary/aromatic N) is 5. The fourth-order valence-electron chi connectivity index (χ4n) is 2.27. The van der Waals surface area contributed by atoms with Crippen molar-refractivity contribution in [2.24, 2.45) is 10.3 Å². The first-order chi connectivity index (χ1) is 11.3. The van der Waals surface area contributed by atoms with Gasteiger partial charge in [0.15, 0.2) is 5.82 Å². The molecule has 0 saturated heterocycles. The van der Waals surface area contributed by atoms with E-state index in [0.717, 1.165) is 21.3 Å². The maximum atomic E-state index is 12.3. The number of amides is 2. The minimum atomic E-state index is -0.287. The summed E-state index contributed by atoms with van der Waals surface area (Å²) in [4.78, 5) is 18.4. The van der Waals surface area contributed by atoms with Gasteiger partial charge in [0.2, 0.25) is 0 Å². The molecule has 0 aromatic carbocycles. The highest BCUT2D eigenvalue weighted by Crippen LogP contribution is 2.33. The molecule has 7 nitrogen and oxygen atoms in total. The lowest BCUT2D eigenvalue weighted by molar-refractivity contribution is 0.160. The van der Waals surface area contributed by atoms with Crippen molar-refractivity contribution in [3.63, 3.8) is 0 Å². The summed E-state index contributed by atoms with van der Waals surface area (Å²) in [7, 11) is 0. The Morgan fingerprint density at radius 1 is 1.43 bits per heavy atom. The van der Waals surface area contributed by atoms with Crippen molar-refractivity contribution in [1.29, 1.82) is 0 Å². The van der Waals surface area contributed by atoms with Crippen LogP contribution in [0.5, 0.6) is 0 Å². The largest absolute Gasteiger partial charge is 0.362 e. The Kier molecular flexibility index (Phi) is 3.33. The monoisotopic (exact) mass is 342 g/mol. The van der Waals surface area contributed by atoms with Gasteiger partial charge >= 0.3 is 6.03 Å². The number of terminal acetylenes is 1. The summed E-state index contributed by atoms with van der Waals surface area (Å²) in [5, 5.41) is 19.2. The summed E-state index contributed by atoms with van der Waals surface area (Å²) >= 11 is 3.13. The van der Waals surface area contributed by atoms with E-state index in [2.05, 4.69) is 26.6 Å². The molecule has 0 fully saturated rings. The maximum absolute atomic E-state index is 12.3. The normalized spacial score (nSPS) is 16.6. The van der Waals surface area contributed by atoms with Gasteiger partial charge < -0.3 is 5.32 Å². The molecule has 1 N–H and O–H groups in total. The van der Waals surface area contributed by atoms with Crippen LogP contribution < -0.4 is 5.32 Å². The number of hydrogen-bond acceptors (Lipinski definition) is 7. The van der Waals surface area contributed by atoms with Gasteiger partial charge in [-0.25, -0.2) is 9.78 Å². The fraction of sp³-hybridized carbons (Fsp3) is 0.143. The van der Waals surface area contributed by atoms with Crippen LogP contribution in [-0.4, -0.2) is 34.1 Å². The number of carbonyl (C=O) groups excluding carboxylic acids is 1. The maximum Gasteiger partial charge on any atom is 0.349 e. The highest BCUT2D eigenvalue weighted by Gasteiger charge is 2.35. The van der Waals surface area contributed by atoms with Crippen LogP contribution in [0.15, 0.2) is 38.4 Å². The molecular weight excluding hydrogens is 332 g/mol. The lowest BCUT2D eigenvalue weighted by atomic mass is 10.3. The molecule has 23 heavy (non-hydrogen) atoms. The smallest absolute Gasteiger partial charge is 0.349 e. The number of thiophene rings is 1. The van der Waals surface area contributed by atoms with Crippen molar-refractivity contribution in [1.82, 2.24) is 20.2 Å². The average molecular weight is 342 g/mol. The zero-order chi connectivity index (χ0) is 15.8. The zero-order valence-corrected chi connectivity index (χ0v) is 13.4. The summed E-state index contributed by atoms with van der Waals surface area (Å²) < 4.78 is 0.